The topological polar surface area (TPSA) is 165 Å². The maximum atomic E-state index is 14.8. The van der Waals surface area contributed by atoms with Crippen molar-refractivity contribution in [3.05, 3.63) is 85.5 Å². The van der Waals surface area contributed by atoms with Crippen LogP contribution in [0.15, 0.2) is 79.9 Å². The van der Waals surface area contributed by atoms with Gasteiger partial charge in [0, 0.05) is 20.1 Å². The molecule has 1 aromatic heterocycles. The first kappa shape index (κ1) is 36.9. The number of carbonyl (C=O) groups is 4. The van der Waals surface area contributed by atoms with Gasteiger partial charge < -0.3 is 34.4 Å². The van der Waals surface area contributed by atoms with E-state index >= 15 is 0 Å². The van der Waals surface area contributed by atoms with Gasteiger partial charge in [-0.3, -0.25) is 19.2 Å². The summed E-state index contributed by atoms with van der Waals surface area (Å²) in [4.78, 5) is 59.5. The Morgan fingerprint density at radius 3 is 2.62 bits per heavy atom. The molecule has 2 bridgehead atoms. The van der Waals surface area contributed by atoms with E-state index in [9.17, 15) is 24.3 Å². The quantitative estimate of drug-likeness (QED) is 0.157. The number of methoxy groups -OCH3 is 1. The number of rotatable bonds is 17. The lowest BCUT2D eigenvalue weighted by Gasteiger charge is -2.38. The molecule has 3 fully saturated rings. The van der Waals surface area contributed by atoms with Crippen LogP contribution in [0.5, 0.6) is 0 Å². The summed E-state index contributed by atoms with van der Waals surface area (Å²) in [5.41, 5.74) is 0.669. The first-order chi connectivity index (χ1) is 25.2. The van der Waals surface area contributed by atoms with E-state index in [0.717, 1.165) is 5.52 Å². The molecule has 4 heterocycles. The van der Waals surface area contributed by atoms with Crippen LogP contribution in [0.1, 0.15) is 44.3 Å². The zero-order chi connectivity index (χ0) is 37.0. The average molecular weight is 715 g/mol. The Morgan fingerprint density at radius 2 is 1.90 bits per heavy atom. The minimum atomic E-state index is -1.34. The molecule has 52 heavy (non-hydrogen) atoms. The van der Waals surface area contributed by atoms with Gasteiger partial charge in [0.2, 0.25) is 17.7 Å². The van der Waals surface area contributed by atoms with Gasteiger partial charge in [-0.05, 0) is 43.9 Å². The zero-order valence-corrected chi connectivity index (χ0v) is 29.5. The molecule has 3 aromatic rings. The summed E-state index contributed by atoms with van der Waals surface area (Å²) in [6.45, 7) is 8.98. The highest BCUT2D eigenvalue weighted by Crippen LogP contribution is 2.59. The first-order valence-electron chi connectivity index (χ1n) is 17.6. The average Bonchev–Trinajstić information content (AvgIpc) is 3.91. The van der Waals surface area contributed by atoms with E-state index in [-0.39, 0.29) is 32.1 Å². The number of benzene rings is 2. The van der Waals surface area contributed by atoms with Crippen molar-refractivity contribution in [2.45, 2.75) is 75.2 Å². The Morgan fingerprint density at radius 1 is 1.15 bits per heavy atom. The zero-order valence-electron chi connectivity index (χ0n) is 29.5. The number of hydrogen-bond donors (Lipinski definition) is 2. The van der Waals surface area contributed by atoms with Gasteiger partial charge in [0.15, 0.2) is 0 Å². The summed E-state index contributed by atoms with van der Waals surface area (Å²) in [5.74, 6) is -3.90. The summed E-state index contributed by atoms with van der Waals surface area (Å²) in [6, 6.07) is 13.8. The number of aliphatic hydroxyl groups is 1. The number of ether oxygens (including phenoxy) is 3. The second-order valence-electron chi connectivity index (χ2n) is 13.6. The van der Waals surface area contributed by atoms with Crippen molar-refractivity contribution in [3.8, 4) is 0 Å². The van der Waals surface area contributed by atoms with E-state index in [2.05, 4.69) is 28.8 Å². The van der Waals surface area contributed by atoms with Crippen LogP contribution in [0.3, 0.4) is 0 Å². The number of carbonyl (C=O) groups excluding carboxylic acids is 4. The molecule has 2 aromatic carbocycles. The number of hydrogen-bond acceptors (Lipinski definition) is 10. The maximum absolute atomic E-state index is 14.8. The van der Waals surface area contributed by atoms with Gasteiger partial charge in [0.05, 0.1) is 48.8 Å². The molecule has 0 radical (unpaired) electrons. The summed E-state index contributed by atoms with van der Waals surface area (Å²) in [7, 11) is 1.49. The normalized spacial score (nSPS) is 25.0. The van der Waals surface area contributed by atoms with E-state index in [1.807, 2.05) is 30.3 Å². The molecule has 0 saturated carbocycles. The second kappa shape index (κ2) is 15.8. The fraction of sp³-hybridized carbons (Fsp3) is 0.474. The van der Waals surface area contributed by atoms with Crippen molar-refractivity contribution >= 4 is 34.7 Å². The summed E-state index contributed by atoms with van der Waals surface area (Å²) in [6.07, 6.45) is 3.03. The molecule has 3 aliphatic rings. The van der Waals surface area contributed by atoms with Crippen molar-refractivity contribution in [3.63, 3.8) is 0 Å². The number of aromatic nitrogens is 3. The predicted octanol–water partition coefficient (Wildman–Crippen LogP) is 2.54. The molecule has 0 aliphatic carbocycles. The number of nitrogens with one attached hydrogen (secondary N) is 1. The van der Waals surface area contributed by atoms with Gasteiger partial charge in [-0.1, -0.05) is 59.8 Å². The minimum Gasteiger partial charge on any atom is -0.455 e. The van der Waals surface area contributed by atoms with Crippen molar-refractivity contribution in [2.24, 2.45) is 11.8 Å². The number of aliphatic hydroxyl groups excluding tert-OH is 1. The van der Waals surface area contributed by atoms with E-state index in [0.29, 0.717) is 30.3 Å². The molecule has 0 unspecified atom stereocenters. The van der Waals surface area contributed by atoms with Crippen LogP contribution < -0.4 is 5.32 Å². The predicted molar refractivity (Wildman–Crippen MR) is 189 cm³/mol. The van der Waals surface area contributed by atoms with E-state index in [4.69, 9.17) is 14.2 Å². The number of allylic oxidation sites excluding steroid dienone is 1. The van der Waals surface area contributed by atoms with Crippen molar-refractivity contribution < 1.29 is 38.5 Å². The Labute approximate surface area is 302 Å². The third kappa shape index (κ3) is 6.73. The number of nitrogens with zero attached hydrogens (tertiary/aromatic N) is 5. The third-order valence-corrected chi connectivity index (χ3v) is 10.4. The lowest BCUT2D eigenvalue weighted by atomic mass is 9.70. The van der Waals surface area contributed by atoms with Gasteiger partial charge >= 0.3 is 5.97 Å². The monoisotopic (exact) mass is 714 g/mol. The molecule has 2 N–H and O–H groups in total. The third-order valence-electron chi connectivity index (χ3n) is 10.4. The highest BCUT2D eigenvalue weighted by atomic mass is 16.6. The van der Waals surface area contributed by atoms with Crippen LogP contribution in [0.4, 0.5) is 0 Å². The largest absolute Gasteiger partial charge is 0.455 e. The summed E-state index contributed by atoms with van der Waals surface area (Å²) < 4.78 is 20.0. The van der Waals surface area contributed by atoms with Crippen LogP contribution in [0, 0.1) is 11.8 Å². The van der Waals surface area contributed by atoms with Crippen molar-refractivity contribution in [1.29, 1.82) is 0 Å². The fourth-order valence-electron chi connectivity index (χ4n) is 8.06. The second-order valence-corrected chi connectivity index (χ2v) is 13.6. The summed E-state index contributed by atoms with van der Waals surface area (Å²) in [5, 5.41) is 21.7. The lowest BCUT2D eigenvalue weighted by Crippen LogP contribution is -2.58. The van der Waals surface area contributed by atoms with Crippen LogP contribution >= 0.6 is 0 Å². The molecule has 3 amide bonds. The van der Waals surface area contributed by atoms with Gasteiger partial charge in [0.1, 0.15) is 29.9 Å². The lowest BCUT2D eigenvalue weighted by molar-refractivity contribution is -0.163. The van der Waals surface area contributed by atoms with Crippen molar-refractivity contribution in [2.75, 3.05) is 26.9 Å². The molecule has 3 aliphatic heterocycles. The van der Waals surface area contributed by atoms with Crippen LogP contribution in [0.25, 0.3) is 11.0 Å². The number of amides is 3. The number of likely N-dealkylation sites (tertiary alicyclic amines) is 1. The molecular weight excluding hydrogens is 668 g/mol. The Balaban J connectivity index is 1.32. The highest BCUT2D eigenvalue weighted by Gasteiger charge is 2.75. The van der Waals surface area contributed by atoms with E-state index < -0.39 is 72.2 Å². The van der Waals surface area contributed by atoms with Gasteiger partial charge in [-0.15, -0.1) is 18.3 Å². The van der Waals surface area contributed by atoms with Gasteiger partial charge in [-0.2, -0.15) is 0 Å². The molecule has 3 saturated heterocycles. The van der Waals surface area contributed by atoms with Crippen LogP contribution in [-0.2, 0) is 40.1 Å². The van der Waals surface area contributed by atoms with Crippen LogP contribution in [0.2, 0.25) is 0 Å². The molecule has 6 rings (SSSR count). The highest BCUT2D eigenvalue weighted by molar-refractivity contribution is 5.98. The Kier molecular flexibility index (Phi) is 11.2. The van der Waals surface area contributed by atoms with E-state index in [1.54, 1.807) is 48.0 Å². The molecule has 276 valence electrons. The number of esters is 1. The van der Waals surface area contributed by atoms with Crippen LogP contribution in [-0.4, -0.2) is 110 Å². The van der Waals surface area contributed by atoms with E-state index in [1.165, 1.54) is 16.9 Å². The Hall–Kier alpha value is -4.92. The first-order valence-corrected chi connectivity index (χ1v) is 17.6. The van der Waals surface area contributed by atoms with Crippen molar-refractivity contribution in [1.82, 2.24) is 30.1 Å². The maximum Gasteiger partial charge on any atom is 0.313 e. The molecule has 8 atom stereocenters. The molecule has 14 heteroatoms. The number of fused-ring (bicyclic) bond motifs is 2. The summed E-state index contributed by atoms with van der Waals surface area (Å²) >= 11 is 0. The molecular formula is C38H46N6O8. The van der Waals surface area contributed by atoms with Gasteiger partial charge in [0.25, 0.3) is 0 Å². The SMILES string of the molecule is C=CCCC(=O)N[C@@H](COC)[C@@H](OC(=O)[C@@H]1[C@H]2C(=O)N([C@H](C)CO)[C@H](C(=O)N(CC=C)Cn3nnc4ccccc43)[C@]23CC[C@H]1O3)c1ccccc1. The number of para-hydroxylation sites is 1. The molecule has 1 spiro atoms. The molecule has 14 nitrogen and oxygen atoms in total. The standard InChI is InChI=1S/C38H46N6O8/c1-5-7-17-30(46)39-27(22-50-4)33(25-13-9-8-10-14-25)51-37(49)31-29-18-19-38(52-29)32(31)35(47)44(24(3)21-45)34(38)36(48)42(20-6-2)23-43-28-16-12-11-15-26(28)40-41-43/h5-6,8-16,24,27,29,31-34,45H,1-2,7,17-23H2,3-4H3,(H,39,46)/t24-,27+,29-,31+,32+,33+,34-,38+/m1/s1. The fourth-order valence-corrected chi connectivity index (χ4v) is 8.06. The van der Waals surface area contributed by atoms with Gasteiger partial charge in [-0.25, -0.2) is 4.68 Å². The smallest absolute Gasteiger partial charge is 0.313 e. The Bertz CT molecular complexity index is 1800. The minimum absolute atomic E-state index is 0.0191.